The van der Waals surface area contributed by atoms with E-state index in [1.165, 1.54) is 14.2 Å². The van der Waals surface area contributed by atoms with Gasteiger partial charge in [0.15, 0.2) is 12.6 Å². The van der Waals surface area contributed by atoms with Gasteiger partial charge >= 0.3 is 0 Å². The van der Waals surface area contributed by atoms with Crippen molar-refractivity contribution in [3.8, 4) is 0 Å². The molecule has 0 spiro atoms. The molecule has 0 radical (unpaired) electrons. The van der Waals surface area contributed by atoms with Gasteiger partial charge in [0.25, 0.3) is 0 Å². The highest BCUT2D eigenvalue weighted by molar-refractivity contribution is 5.15. The van der Waals surface area contributed by atoms with E-state index in [1.807, 2.05) is 91.0 Å². The lowest BCUT2D eigenvalue weighted by Gasteiger charge is -2.48. The average Bonchev–Trinajstić information content (AvgIpc) is 3.09. The minimum Gasteiger partial charge on any atom is -0.394 e. The summed E-state index contributed by atoms with van der Waals surface area (Å²) in [6.07, 6.45) is -10.00. The Hall–Kier alpha value is -2.78. The topological polar surface area (TPSA) is 135 Å². The van der Waals surface area contributed by atoms with Gasteiger partial charge in [-0.3, -0.25) is 0 Å². The van der Waals surface area contributed by atoms with Gasteiger partial charge in [0.2, 0.25) is 0 Å². The van der Waals surface area contributed by atoms with Crippen LogP contribution in [0.25, 0.3) is 0 Å². The fraction of sp³-hybridized carbons (Fsp3) is 0.486. The second-order valence-corrected chi connectivity index (χ2v) is 11.3. The minimum absolute atomic E-state index is 0.0390. The van der Waals surface area contributed by atoms with E-state index in [2.05, 4.69) is 0 Å². The molecule has 5 rings (SSSR count). The maximum absolute atomic E-state index is 11.3. The van der Waals surface area contributed by atoms with Crippen LogP contribution in [0.5, 0.6) is 0 Å². The summed E-state index contributed by atoms with van der Waals surface area (Å²) in [5, 5.41) is 32.1. The molecule has 2 saturated heterocycles. The van der Waals surface area contributed by atoms with E-state index in [9.17, 15) is 15.3 Å². The van der Waals surface area contributed by atoms with Gasteiger partial charge in [0.1, 0.15) is 48.8 Å². The van der Waals surface area contributed by atoms with Crippen LogP contribution in [0.15, 0.2) is 91.0 Å². The van der Waals surface area contributed by atoms with Crippen molar-refractivity contribution >= 4 is 0 Å². The second kappa shape index (κ2) is 17.4. The van der Waals surface area contributed by atoms with Crippen LogP contribution < -0.4 is 0 Å². The van der Waals surface area contributed by atoms with Crippen molar-refractivity contribution in [2.75, 3.05) is 27.4 Å². The number of rotatable bonds is 15. The van der Waals surface area contributed by atoms with E-state index >= 15 is 0 Å². The minimum atomic E-state index is -1.38. The Morgan fingerprint density at radius 1 is 0.587 bits per heavy atom. The van der Waals surface area contributed by atoms with E-state index in [1.54, 1.807) is 0 Å². The van der Waals surface area contributed by atoms with Gasteiger partial charge in [-0.1, -0.05) is 91.0 Å². The van der Waals surface area contributed by atoms with Gasteiger partial charge in [-0.15, -0.1) is 0 Å². The molecule has 0 bridgehead atoms. The summed E-state index contributed by atoms with van der Waals surface area (Å²) in [6.45, 7) is 0.246. The van der Waals surface area contributed by atoms with Crippen LogP contribution in [0.2, 0.25) is 0 Å². The predicted octanol–water partition coefficient (Wildman–Crippen LogP) is 2.58. The molecule has 250 valence electrons. The summed E-state index contributed by atoms with van der Waals surface area (Å²) >= 11 is 0. The largest absolute Gasteiger partial charge is 0.394 e. The molecule has 2 aliphatic heterocycles. The molecule has 0 saturated carbocycles. The van der Waals surface area contributed by atoms with Crippen LogP contribution >= 0.6 is 0 Å². The lowest BCUT2D eigenvalue weighted by molar-refractivity contribution is -0.367. The van der Waals surface area contributed by atoms with Crippen molar-refractivity contribution in [2.24, 2.45) is 0 Å². The van der Waals surface area contributed by atoms with Crippen LogP contribution in [0.4, 0.5) is 0 Å². The van der Waals surface area contributed by atoms with Gasteiger partial charge in [0, 0.05) is 14.2 Å². The molecule has 4 unspecified atom stereocenters. The molecule has 11 heteroatoms. The number of hydrogen-bond donors (Lipinski definition) is 3. The fourth-order valence-corrected chi connectivity index (χ4v) is 5.79. The zero-order valence-electron chi connectivity index (χ0n) is 26.1. The Bertz CT molecular complexity index is 1270. The highest BCUT2D eigenvalue weighted by Crippen LogP contribution is 2.34. The average molecular weight is 641 g/mol. The van der Waals surface area contributed by atoms with Crippen molar-refractivity contribution in [1.82, 2.24) is 0 Å². The van der Waals surface area contributed by atoms with Crippen molar-refractivity contribution in [2.45, 2.75) is 81.2 Å². The zero-order chi connectivity index (χ0) is 32.3. The smallest absolute Gasteiger partial charge is 0.187 e. The lowest BCUT2D eigenvalue weighted by Crippen LogP contribution is -2.65. The van der Waals surface area contributed by atoms with Crippen molar-refractivity contribution in [3.63, 3.8) is 0 Å². The first-order valence-electron chi connectivity index (χ1n) is 15.4. The maximum Gasteiger partial charge on any atom is 0.187 e. The van der Waals surface area contributed by atoms with Crippen LogP contribution in [0.3, 0.4) is 0 Å². The van der Waals surface area contributed by atoms with Gasteiger partial charge in [-0.2, -0.15) is 0 Å². The second-order valence-electron chi connectivity index (χ2n) is 11.3. The molecular weight excluding hydrogens is 596 g/mol. The van der Waals surface area contributed by atoms with Crippen molar-refractivity contribution in [1.29, 1.82) is 0 Å². The summed E-state index contributed by atoms with van der Waals surface area (Å²) in [7, 11) is 2.90. The summed E-state index contributed by atoms with van der Waals surface area (Å²) in [6, 6.07) is 28.9. The number of hydrogen-bond acceptors (Lipinski definition) is 11. The van der Waals surface area contributed by atoms with Gasteiger partial charge in [0.05, 0.1) is 33.0 Å². The molecule has 10 atom stereocenters. The van der Waals surface area contributed by atoms with E-state index in [4.69, 9.17) is 37.9 Å². The van der Waals surface area contributed by atoms with Crippen LogP contribution in [-0.4, -0.2) is 104 Å². The number of aliphatic hydroxyl groups excluding tert-OH is 3. The lowest BCUT2D eigenvalue weighted by atomic mass is 9.96. The van der Waals surface area contributed by atoms with Crippen LogP contribution in [0.1, 0.15) is 16.7 Å². The first-order valence-corrected chi connectivity index (χ1v) is 15.4. The van der Waals surface area contributed by atoms with E-state index < -0.39 is 68.0 Å². The quantitative estimate of drug-likeness (QED) is 0.226. The Kier molecular flexibility index (Phi) is 13.1. The molecule has 0 aliphatic carbocycles. The fourth-order valence-electron chi connectivity index (χ4n) is 5.79. The summed E-state index contributed by atoms with van der Waals surface area (Å²) < 4.78 is 48.9. The van der Waals surface area contributed by atoms with Crippen molar-refractivity contribution < 1.29 is 53.2 Å². The third-order valence-corrected chi connectivity index (χ3v) is 8.21. The van der Waals surface area contributed by atoms with E-state index in [0.717, 1.165) is 16.7 Å². The molecule has 2 heterocycles. The maximum atomic E-state index is 11.3. The standard InChI is InChI=1S/C35H44O11/c1-39-30-28(37)26(18-36)45-35(33(30)40-2)46-29-27(22-41-19-23-12-6-3-7-13-23)44-34(38)32(43-21-25-16-10-5-11-17-25)31(29)42-20-24-14-8-4-9-15-24/h3-17,26-38H,18-22H2,1-2H3/t26?,27-,28-,29+,30+,31?,32?,33?,34-,35-/m0/s1. The number of methoxy groups -OCH3 is 2. The Morgan fingerprint density at radius 3 is 1.63 bits per heavy atom. The zero-order valence-corrected chi connectivity index (χ0v) is 26.1. The Balaban J connectivity index is 1.44. The number of benzene rings is 3. The first kappa shape index (κ1) is 34.6. The molecule has 0 amide bonds. The van der Waals surface area contributed by atoms with Gasteiger partial charge < -0.3 is 53.2 Å². The molecule has 3 N–H and O–H groups in total. The molecule has 3 aromatic carbocycles. The first-order chi connectivity index (χ1) is 22.5. The molecule has 2 fully saturated rings. The highest BCUT2D eigenvalue weighted by Gasteiger charge is 2.53. The Morgan fingerprint density at radius 2 is 1.11 bits per heavy atom. The van der Waals surface area contributed by atoms with Crippen LogP contribution in [-0.2, 0) is 57.7 Å². The van der Waals surface area contributed by atoms with Gasteiger partial charge in [-0.05, 0) is 16.7 Å². The SMILES string of the molecule is COC1[C@H](O[C@H]2C(OCc3ccccc3)C(OCc3ccccc3)[C@@H](O)O[C@H]2COCc2ccccc2)OC(CO)[C@H](O)[C@H]1OC. The number of aliphatic hydroxyl groups is 3. The summed E-state index contributed by atoms with van der Waals surface area (Å²) in [4.78, 5) is 0. The van der Waals surface area contributed by atoms with Crippen LogP contribution in [0, 0.1) is 0 Å². The van der Waals surface area contributed by atoms with E-state index in [-0.39, 0.29) is 19.8 Å². The third-order valence-electron chi connectivity index (χ3n) is 8.21. The van der Waals surface area contributed by atoms with E-state index in [0.29, 0.717) is 6.61 Å². The molecule has 0 aromatic heterocycles. The monoisotopic (exact) mass is 640 g/mol. The molecule has 46 heavy (non-hydrogen) atoms. The highest BCUT2D eigenvalue weighted by atomic mass is 16.7. The van der Waals surface area contributed by atoms with Gasteiger partial charge in [-0.25, -0.2) is 0 Å². The normalized spacial score (nSPS) is 31.5. The summed E-state index contributed by atoms with van der Waals surface area (Å²) in [5.74, 6) is 0. The molecule has 2 aliphatic rings. The molecular formula is C35H44O11. The number of ether oxygens (including phenoxy) is 8. The third kappa shape index (κ3) is 8.77. The predicted molar refractivity (Wildman–Crippen MR) is 165 cm³/mol. The molecule has 11 nitrogen and oxygen atoms in total. The van der Waals surface area contributed by atoms with Crippen molar-refractivity contribution in [3.05, 3.63) is 108 Å². The summed E-state index contributed by atoms with van der Waals surface area (Å²) in [5.41, 5.74) is 2.78. The Labute approximate surface area is 269 Å². The molecule has 3 aromatic rings.